The third kappa shape index (κ3) is 4.42. The van der Waals surface area contributed by atoms with E-state index in [-0.39, 0.29) is 0 Å². The zero-order valence-corrected chi connectivity index (χ0v) is 14.5. The number of rotatable bonds is 2. The van der Waals surface area contributed by atoms with Gasteiger partial charge in [0.1, 0.15) is 0 Å². The maximum absolute atomic E-state index is 5.44. The highest BCUT2D eigenvalue weighted by molar-refractivity contribution is 8.90. The van der Waals surface area contributed by atoms with Gasteiger partial charge in [-0.3, -0.25) is 0 Å². The summed E-state index contributed by atoms with van der Waals surface area (Å²) in [5.74, 6) is 0. The topological polar surface area (TPSA) is 0 Å². The normalized spacial score (nSPS) is 10.3. The molecule has 2 rings (SSSR count). The number of thiocarbonyl (C=S) groups is 2. The predicted molar refractivity (Wildman–Crippen MR) is 101 cm³/mol. The molecule has 0 aliphatic heterocycles. The molecule has 2 aromatic rings. The first-order chi connectivity index (χ1) is 9.56. The molecule has 0 aliphatic carbocycles. The van der Waals surface area contributed by atoms with Gasteiger partial charge in [0, 0.05) is 0 Å². The van der Waals surface area contributed by atoms with E-state index in [2.05, 4.69) is 62.4 Å². The van der Waals surface area contributed by atoms with Crippen molar-refractivity contribution in [3.8, 4) is 0 Å². The van der Waals surface area contributed by atoms with Crippen molar-refractivity contribution < 1.29 is 0 Å². The highest BCUT2D eigenvalue weighted by atomic mass is 33.1. The van der Waals surface area contributed by atoms with Crippen LogP contribution in [0.5, 0.6) is 0 Å². The number of benzene rings is 2. The Kier molecular flexibility index (Phi) is 5.78. The third-order valence-corrected chi connectivity index (χ3v) is 6.48. The minimum Gasteiger partial charge on any atom is -0.0709 e. The van der Waals surface area contributed by atoms with E-state index in [1.165, 1.54) is 11.1 Å². The molecule has 0 aromatic heterocycles. The fourth-order valence-corrected chi connectivity index (χ4v) is 4.08. The second-order valence-corrected chi connectivity index (χ2v) is 7.96. The highest BCUT2D eigenvalue weighted by Gasteiger charge is 2.07. The molecule has 0 aliphatic rings. The van der Waals surface area contributed by atoms with E-state index in [0.717, 1.165) is 19.5 Å². The van der Waals surface area contributed by atoms with Gasteiger partial charge in [-0.2, -0.15) is 0 Å². The average molecular weight is 335 g/mol. The molecule has 0 radical (unpaired) electrons. The second-order valence-electron chi connectivity index (χ2n) is 4.47. The summed E-state index contributed by atoms with van der Waals surface area (Å²) in [6.07, 6.45) is 0. The van der Waals surface area contributed by atoms with E-state index in [9.17, 15) is 0 Å². The van der Waals surface area contributed by atoms with Crippen LogP contribution in [0.1, 0.15) is 22.3 Å². The first-order valence-corrected chi connectivity index (χ1v) is 9.09. The first-order valence-electron chi connectivity index (χ1n) is 6.13. The molecule has 0 atom stereocenters. The zero-order valence-electron chi connectivity index (χ0n) is 11.3. The molecular formula is C16H14S4. The molecule has 0 saturated carbocycles. The molecule has 20 heavy (non-hydrogen) atoms. The van der Waals surface area contributed by atoms with Crippen molar-refractivity contribution in [3.05, 3.63) is 70.8 Å². The Hall–Kier alpha value is -0.680. The molecule has 0 amide bonds. The lowest BCUT2D eigenvalue weighted by atomic mass is 10.2. The molecule has 0 bridgehead atoms. The van der Waals surface area contributed by atoms with Crippen molar-refractivity contribution in [1.82, 2.24) is 0 Å². The van der Waals surface area contributed by atoms with E-state index < -0.39 is 0 Å². The predicted octanol–water partition coefficient (Wildman–Crippen LogP) is 5.74. The maximum Gasteiger partial charge on any atom is 0.0888 e. The van der Waals surface area contributed by atoms with Crippen molar-refractivity contribution in [1.29, 1.82) is 0 Å². The molecule has 0 N–H and O–H groups in total. The lowest BCUT2D eigenvalue weighted by molar-refractivity contribution is 1.47. The molecule has 0 saturated heterocycles. The second kappa shape index (κ2) is 7.36. The Balaban J connectivity index is 1.94. The minimum absolute atomic E-state index is 0.865. The average Bonchev–Trinajstić information content (AvgIpc) is 2.46. The first kappa shape index (κ1) is 15.7. The van der Waals surface area contributed by atoms with Crippen LogP contribution in [-0.4, -0.2) is 8.39 Å². The number of hydrogen-bond acceptors (Lipinski definition) is 4. The SMILES string of the molecule is Cc1ccc(C(=S)SSC(=S)c2ccc(C)cc2)cc1. The molecule has 0 nitrogen and oxygen atoms in total. The van der Waals surface area contributed by atoms with E-state index in [1.807, 2.05) is 0 Å². The van der Waals surface area contributed by atoms with Gasteiger partial charge < -0.3 is 0 Å². The smallest absolute Gasteiger partial charge is 0.0709 e. The summed E-state index contributed by atoms with van der Waals surface area (Å²) in [6, 6.07) is 16.5. The Morgan fingerprint density at radius 3 is 1.25 bits per heavy atom. The number of aryl methyl sites for hydroxylation is 2. The van der Waals surface area contributed by atoms with Gasteiger partial charge in [0.05, 0.1) is 8.39 Å². The van der Waals surface area contributed by atoms with E-state index in [0.29, 0.717) is 0 Å². The van der Waals surface area contributed by atoms with E-state index >= 15 is 0 Å². The zero-order chi connectivity index (χ0) is 14.5. The van der Waals surface area contributed by atoms with Crippen LogP contribution in [0.25, 0.3) is 0 Å². The van der Waals surface area contributed by atoms with Gasteiger partial charge in [0.15, 0.2) is 0 Å². The van der Waals surface area contributed by atoms with Crippen LogP contribution >= 0.6 is 46.0 Å². The Morgan fingerprint density at radius 1 is 0.650 bits per heavy atom. The minimum atomic E-state index is 0.865. The Morgan fingerprint density at radius 2 is 0.950 bits per heavy atom. The van der Waals surface area contributed by atoms with Gasteiger partial charge in [-0.05, 0) is 46.6 Å². The molecule has 4 heteroatoms. The summed E-state index contributed by atoms with van der Waals surface area (Å²) in [7, 11) is 3.10. The van der Waals surface area contributed by atoms with Crippen molar-refractivity contribution in [2.45, 2.75) is 13.8 Å². The summed E-state index contributed by atoms with van der Waals surface area (Å²) in [5, 5.41) is 0. The Bertz CT molecular complexity index is 554. The highest BCUT2D eigenvalue weighted by Crippen LogP contribution is 2.31. The third-order valence-electron chi connectivity index (χ3n) is 2.77. The van der Waals surface area contributed by atoms with Gasteiger partial charge in [-0.1, -0.05) is 84.1 Å². The fraction of sp³-hybridized carbons (Fsp3) is 0.125. The van der Waals surface area contributed by atoms with Gasteiger partial charge >= 0.3 is 0 Å². The molecule has 2 aromatic carbocycles. The van der Waals surface area contributed by atoms with E-state index in [1.54, 1.807) is 21.6 Å². The summed E-state index contributed by atoms with van der Waals surface area (Å²) in [4.78, 5) is 0. The monoisotopic (exact) mass is 334 g/mol. The summed E-state index contributed by atoms with van der Waals surface area (Å²) in [5.41, 5.74) is 4.64. The molecule has 0 spiro atoms. The maximum atomic E-state index is 5.44. The lowest BCUT2D eigenvalue weighted by Crippen LogP contribution is -1.93. The lowest BCUT2D eigenvalue weighted by Gasteiger charge is -2.05. The molecule has 0 unspecified atom stereocenters. The van der Waals surface area contributed by atoms with Crippen LogP contribution in [0.4, 0.5) is 0 Å². The van der Waals surface area contributed by atoms with Crippen LogP contribution in [0.15, 0.2) is 48.5 Å². The fourth-order valence-electron chi connectivity index (χ4n) is 1.55. The van der Waals surface area contributed by atoms with Crippen molar-refractivity contribution in [2.75, 3.05) is 0 Å². The van der Waals surface area contributed by atoms with Crippen molar-refractivity contribution in [2.24, 2.45) is 0 Å². The van der Waals surface area contributed by atoms with Gasteiger partial charge in [0.2, 0.25) is 0 Å². The number of hydrogen-bond donors (Lipinski definition) is 0. The van der Waals surface area contributed by atoms with E-state index in [4.69, 9.17) is 24.4 Å². The van der Waals surface area contributed by atoms with Gasteiger partial charge in [-0.25, -0.2) is 0 Å². The van der Waals surface area contributed by atoms with Crippen LogP contribution in [0, 0.1) is 13.8 Å². The summed E-state index contributed by atoms with van der Waals surface area (Å²) in [6.45, 7) is 4.14. The van der Waals surface area contributed by atoms with Crippen molar-refractivity contribution in [3.63, 3.8) is 0 Å². The largest absolute Gasteiger partial charge is 0.0888 e. The van der Waals surface area contributed by atoms with Gasteiger partial charge in [0.25, 0.3) is 0 Å². The molecule has 102 valence electrons. The standard InChI is InChI=1S/C16H14S4/c1-11-3-7-13(8-4-11)15(17)19-20-16(18)14-9-5-12(2)6-10-14/h3-10H,1-2H3. The summed E-state index contributed by atoms with van der Waals surface area (Å²) >= 11 is 10.9. The van der Waals surface area contributed by atoms with Crippen LogP contribution in [0.3, 0.4) is 0 Å². The summed E-state index contributed by atoms with van der Waals surface area (Å²) < 4.78 is 1.73. The van der Waals surface area contributed by atoms with Gasteiger partial charge in [-0.15, -0.1) is 0 Å². The van der Waals surface area contributed by atoms with Crippen LogP contribution < -0.4 is 0 Å². The van der Waals surface area contributed by atoms with Crippen LogP contribution in [0.2, 0.25) is 0 Å². The molecular weight excluding hydrogens is 320 g/mol. The Labute approximate surface area is 138 Å². The molecule has 0 heterocycles. The quantitative estimate of drug-likeness (QED) is 0.507. The molecule has 0 fully saturated rings. The van der Waals surface area contributed by atoms with Crippen molar-refractivity contribution >= 4 is 54.4 Å². The van der Waals surface area contributed by atoms with Crippen LogP contribution in [-0.2, 0) is 0 Å².